The fourth-order valence-electron chi connectivity index (χ4n) is 22.0. The summed E-state index contributed by atoms with van der Waals surface area (Å²) in [6, 6.07) is 125. The molecule has 2 aliphatic rings. The van der Waals surface area contributed by atoms with Crippen LogP contribution in [0.15, 0.2) is 315 Å². The highest BCUT2D eigenvalue weighted by atomic mass is 15.2. The maximum Gasteiger partial charge on any atom is 0.252 e. The van der Waals surface area contributed by atoms with Gasteiger partial charge in [0.15, 0.2) is 0 Å². The average Bonchev–Trinajstić information content (AvgIpc) is 0.922. The minimum absolute atomic E-state index is 0.0396. The number of anilines is 6. The van der Waals surface area contributed by atoms with E-state index in [1.54, 1.807) is 0 Å². The van der Waals surface area contributed by atoms with Gasteiger partial charge in [-0.3, -0.25) is 0 Å². The quantitative estimate of drug-likeness (QED) is 0.134. The van der Waals surface area contributed by atoms with Gasteiger partial charge in [0.2, 0.25) is 0 Å². The van der Waals surface area contributed by atoms with Gasteiger partial charge in [0.1, 0.15) is 0 Å². The molecule has 20 aromatic rings. The molecule has 0 aliphatic carbocycles. The Bertz CT molecular complexity index is 7580. The first-order valence-corrected chi connectivity index (χ1v) is 48.6. The largest absolute Gasteiger partial charge is 0.310 e. The van der Waals surface area contributed by atoms with Crippen LogP contribution in [0.25, 0.3) is 149 Å². The van der Waals surface area contributed by atoms with E-state index in [1.165, 1.54) is 143 Å². The lowest BCUT2D eigenvalue weighted by molar-refractivity contribution is 0.590. The fourth-order valence-corrected chi connectivity index (χ4v) is 22.0. The third-order valence-corrected chi connectivity index (χ3v) is 29.7. The van der Waals surface area contributed by atoms with Gasteiger partial charge >= 0.3 is 0 Å². The Morgan fingerprint density at radius 2 is 0.455 bits per heavy atom. The van der Waals surface area contributed by atoms with Gasteiger partial charge in [0.25, 0.3) is 6.71 Å². The van der Waals surface area contributed by atoms with Crippen molar-refractivity contribution in [1.82, 2.24) is 13.5 Å². The zero-order chi connectivity index (χ0) is 93.6. The molecule has 0 saturated carbocycles. The summed E-state index contributed by atoms with van der Waals surface area (Å²) in [4.78, 5) is 5.58. The molecule has 2 aliphatic heterocycles. The smallest absolute Gasteiger partial charge is 0.252 e. The number of hydrogen-bond donors (Lipinski definition) is 0. The third-order valence-electron chi connectivity index (χ3n) is 29.7. The molecule has 4 aromatic heterocycles. The van der Waals surface area contributed by atoms with E-state index in [0.29, 0.717) is 0 Å². The fraction of sp³-hybridized carbons (Fsp3) is 0.250. The van der Waals surface area contributed by atoms with Crippen LogP contribution in [0, 0.1) is 0 Å². The van der Waals surface area contributed by atoms with Crippen LogP contribution in [-0.2, 0) is 43.3 Å². The maximum atomic E-state index is 2.79. The van der Waals surface area contributed by atoms with Crippen LogP contribution in [0.3, 0.4) is 0 Å². The second kappa shape index (κ2) is 30.0. The Morgan fingerprint density at radius 1 is 0.194 bits per heavy atom. The van der Waals surface area contributed by atoms with E-state index in [0.717, 1.165) is 101 Å². The predicted octanol–water partition coefficient (Wildman–Crippen LogP) is 33.8. The van der Waals surface area contributed by atoms with E-state index in [-0.39, 0.29) is 50.0 Å². The molecule has 6 heteroatoms. The second-order valence-corrected chi connectivity index (χ2v) is 47.1. The topological polar surface area (TPSA) is 20.8 Å². The van der Waals surface area contributed by atoms with E-state index < -0.39 is 0 Å². The summed E-state index contributed by atoms with van der Waals surface area (Å²) in [6.07, 6.45) is 0. The standard InChI is InChI=1S/C128H124BN5/c1-121(2,3)83-46-56-107-98(64-83)99-65-84(122(4,5)6)47-57-108(99)130(107)91-51-53-105-113(75-91)133(118-93(77-37-29-25-30-38-77)69-88(126(16,17)18)70-94(118)78-39-31-26-32-40-78)115-62-82(81-45-55-111-97(61-81)103-73-90(128(22,23)24)74-104-102-68-87(125(13,14)15)50-60-112(102)132(111)120(103)104)63-116-117(115)129(105)106-54-52-92(131-109-58-48-85(123(7,8)9)66-100(109)101-67-86(124(10,11)12)49-59-110(101)131)76-114(106)134(116)119-95(79-41-33-27-34-42-79)71-89(127(19,20)21)72-96(119)80-43-35-28-36-44-80/h25-76H,1-24H3. The van der Waals surface area contributed by atoms with Crippen LogP contribution in [-0.4, -0.2) is 20.2 Å². The molecule has 0 atom stereocenters. The number of benzene rings is 16. The minimum atomic E-state index is -0.340. The van der Waals surface area contributed by atoms with Crippen LogP contribution in [0.1, 0.15) is 211 Å². The van der Waals surface area contributed by atoms with E-state index >= 15 is 0 Å². The molecule has 134 heavy (non-hydrogen) atoms. The molecule has 0 fully saturated rings. The third kappa shape index (κ3) is 14.0. The minimum Gasteiger partial charge on any atom is -0.310 e. The van der Waals surface area contributed by atoms with Crippen molar-refractivity contribution in [2.75, 3.05) is 9.80 Å². The summed E-state index contributed by atoms with van der Waals surface area (Å²) in [5.74, 6) is 0. The molecule has 0 unspecified atom stereocenters. The van der Waals surface area contributed by atoms with Crippen molar-refractivity contribution < 1.29 is 0 Å². The Balaban J connectivity index is 0.945. The van der Waals surface area contributed by atoms with Crippen LogP contribution in [0.2, 0.25) is 0 Å². The van der Waals surface area contributed by atoms with E-state index in [1.807, 2.05) is 0 Å². The molecular weight excluding hydrogens is 1620 g/mol. The van der Waals surface area contributed by atoms with Crippen molar-refractivity contribution in [3.05, 3.63) is 360 Å². The lowest BCUT2D eigenvalue weighted by Crippen LogP contribution is -2.61. The molecule has 5 nitrogen and oxygen atoms in total. The van der Waals surface area contributed by atoms with Gasteiger partial charge in [-0.15, -0.1) is 0 Å². The van der Waals surface area contributed by atoms with E-state index in [2.05, 4.69) is 505 Å². The molecule has 0 radical (unpaired) electrons. The first-order chi connectivity index (χ1) is 63.5. The van der Waals surface area contributed by atoms with Gasteiger partial charge < -0.3 is 23.3 Å². The number of rotatable bonds is 9. The molecule has 0 spiro atoms. The summed E-state index contributed by atoms with van der Waals surface area (Å²) in [7, 11) is 0. The molecule has 0 amide bonds. The van der Waals surface area contributed by atoms with Crippen LogP contribution in [0.5, 0.6) is 0 Å². The molecule has 664 valence electrons. The molecule has 0 bridgehead atoms. The van der Waals surface area contributed by atoms with Crippen molar-refractivity contribution in [1.29, 1.82) is 0 Å². The monoisotopic (exact) mass is 1740 g/mol. The highest BCUT2D eigenvalue weighted by molar-refractivity contribution is 7.00. The van der Waals surface area contributed by atoms with Crippen molar-refractivity contribution in [2.24, 2.45) is 0 Å². The van der Waals surface area contributed by atoms with Gasteiger partial charge in [-0.1, -0.05) is 336 Å². The molecule has 6 heterocycles. The first-order valence-electron chi connectivity index (χ1n) is 48.6. The lowest BCUT2D eigenvalue weighted by atomic mass is 9.33. The van der Waals surface area contributed by atoms with Crippen LogP contribution >= 0.6 is 0 Å². The van der Waals surface area contributed by atoms with Gasteiger partial charge in [0.05, 0.1) is 50.0 Å². The predicted molar refractivity (Wildman–Crippen MR) is 581 cm³/mol. The number of hydrogen-bond acceptors (Lipinski definition) is 2. The van der Waals surface area contributed by atoms with Crippen molar-refractivity contribution in [3.8, 4) is 67.0 Å². The van der Waals surface area contributed by atoms with Gasteiger partial charge in [-0.05, 0) is 283 Å². The first kappa shape index (κ1) is 86.0. The zero-order valence-corrected chi connectivity index (χ0v) is 82.8. The van der Waals surface area contributed by atoms with Gasteiger partial charge in [0, 0.05) is 99.5 Å². The summed E-state index contributed by atoms with van der Waals surface area (Å²) >= 11 is 0. The number of nitrogens with zero attached hydrogens (tertiary/aromatic N) is 5. The normalized spacial score (nSPS) is 13.6. The van der Waals surface area contributed by atoms with Crippen LogP contribution in [0.4, 0.5) is 34.1 Å². The molecule has 22 rings (SSSR count). The van der Waals surface area contributed by atoms with Crippen molar-refractivity contribution in [3.63, 3.8) is 0 Å². The summed E-state index contributed by atoms with van der Waals surface area (Å²) in [6.45, 7) is 56.3. The Labute approximate surface area is 793 Å². The Morgan fingerprint density at radius 3 is 0.754 bits per heavy atom. The molecule has 16 aromatic carbocycles. The summed E-state index contributed by atoms with van der Waals surface area (Å²) in [5.41, 5.74) is 41.7. The number of fused-ring (bicyclic) bond motifs is 16. The summed E-state index contributed by atoms with van der Waals surface area (Å²) in [5, 5.41) is 10.1. The zero-order valence-electron chi connectivity index (χ0n) is 82.8. The van der Waals surface area contributed by atoms with Crippen LogP contribution < -0.4 is 26.2 Å². The maximum absolute atomic E-state index is 2.79. The Hall–Kier alpha value is -13.4. The molecule has 0 N–H and O–H groups in total. The highest BCUT2D eigenvalue weighted by Gasteiger charge is 2.47. The number of aromatic nitrogens is 3. The summed E-state index contributed by atoms with van der Waals surface area (Å²) < 4.78 is 7.78. The second-order valence-electron chi connectivity index (χ2n) is 47.1. The van der Waals surface area contributed by atoms with E-state index in [4.69, 9.17) is 0 Å². The molecular formula is C128H124BN5. The van der Waals surface area contributed by atoms with E-state index in [9.17, 15) is 0 Å². The average molecular weight is 1740 g/mol. The molecule has 0 saturated heterocycles. The van der Waals surface area contributed by atoms with Gasteiger partial charge in [-0.2, -0.15) is 0 Å². The van der Waals surface area contributed by atoms with Crippen molar-refractivity contribution >= 4 is 139 Å². The SMILES string of the molecule is CC(C)(C)c1cc(-c2ccccc2)c(N2c3cc(-n4c5ccc(C(C)(C)C)cc5c5cc(C(C)(C)C)ccc54)ccc3B3c4ccc(-n5c6ccc(C(C)(C)C)cc6c6cc(C(C)(C)C)ccc65)cc4N(c4c(-c5ccccc5)cc(C(C)(C)C)cc4-c4ccccc4)c4cc(-c5ccc6c(c5)c5cc(C(C)(C)C)cc7c8cc(C(C)(C)C)ccc8n6c57)cc2c43)c(-c2ccccc2)c1. The van der Waals surface area contributed by atoms with Gasteiger partial charge in [-0.25, -0.2) is 0 Å². The highest BCUT2D eigenvalue weighted by Crippen LogP contribution is 2.58. The van der Waals surface area contributed by atoms with Crippen molar-refractivity contribution in [2.45, 2.75) is 209 Å². The lowest BCUT2D eigenvalue weighted by Gasteiger charge is -2.46. The Kier molecular flexibility index (Phi) is 19.3.